The van der Waals surface area contributed by atoms with Crippen molar-refractivity contribution in [2.75, 3.05) is 25.0 Å². The Balaban J connectivity index is 1.84. The highest BCUT2D eigenvalue weighted by atomic mass is 19.1. The minimum Gasteiger partial charge on any atom is -0.392 e. The molecule has 0 spiro atoms. The lowest BCUT2D eigenvalue weighted by Crippen LogP contribution is -2.29. The monoisotopic (exact) mass is 252 g/mol. The van der Waals surface area contributed by atoms with Crippen molar-refractivity contribution >= 4 is 17.0 Å². The maximum Gasteiger partial charge on any atom is 0.201 e. The highest BCUT2D eigenvalue weighted by Gasteiger charge is 2.02. The predicted molar refractivity (Wildman–Crippen MR) is 69.1 cm³/mol. The van der Waals surface area contributed by atoms with Crippen LogP contribution >= 0.6 is 0 Å². The van der Waals surface area contributed by atoms with Crippen LogP contribution in [0.2, 0.25) is 0 Å². The minimum absolute atomic E-state index is 0.281. The zero-order chi connectivity index (χ0) is 13.0. The number of hydrogen-bond donors (Lipinski definition) is 4. The average molecular weight is 252 g/mol. The largest absolute Gasteiger partial charge is 0.392 e. The lowest BCUT2D eigenvalue weighted by atomic mass is 10.3. The van der Waals surface area contributed by atoms with Crippen molar-refractivity contribution in [3.8, 4) is 0 Å². The summed E-state index contributed by atoms with van der Waals surface area (Å²) in [6, 6.07) is 4.44. The second kappa shape index (κ2) is 5.79. The van der Waals surface area contributed by atoms with E-state index in [9.17, 15) is 4.39 Å². The Morgan fingerprint density at radius 3 is 3.06 bits per heavy atom. The normalized spacial score (nSPS) is 12.8. The van der Waals surface area contributed by atoms with Gasteiger partial charge in [-0.15, -0.1) is 0 Å². The number of anilines is 1. The van der Waals surface area contributed by atoms with Gasteiger partial charge in [-0.1, -0.05) is 0 Å². The number of aromatic amines is 1. The molecule has 0 aliphatic rings. The van der Waals surface area contributed by atoms with Crippen molar-refractivity contribution in [3.63, 3.8) is 0 Å². The van der Waals surface area contributed by atoms with Gasteiger partial charge in [0.15, 0.2) is 0 Å². The Morgan fingerprint density at radius 1 is 1.44 bits per heavy atom. The summed E-state index contributed by atoms with van der Waals surface area (Å²) in [6.07, 6.45) is -0.348. The fraction of sp³-hybridized carbons (Fsp3) is 0.417. The van der Waals surface area contributed by atoms with Gasteiger partial charge in [0.2, 0.25) is 5.95 Å². The summed E-state index contributed by atoms with van der Waals surface area (Å²) in [5.41, 5.74) is 1.41. The molecule has 4 N–H and O–H groups in total. The molecule has 1 atom stereocenters. The van der Waals surface area contributed by atoms with E-state index in [-0.39, 0.29) is 11.9 Å². The molecule has 0 saturated heterocycles. The number of aliphatic hydroxyl groups is 1. The van der Waals surface area contributed by atoms with E-state index in [4.69, 9.17) is 5.11 Å². The van der Waals surface area contributed by atoms with E-state index >= 15 is 0 Å². The molecule has 1 unspecified atom stereocenters. The van der Waals surface area contributed by atoms with Gasteiger partial charge in [0.1, 0.15) is 5.82 Å². The molecule has 0 amide bonds. The first-order valence-electron chi connectivity index (χ1n) is 5.93. The highest BCUT2D eigenvalue weighted by Crippen LogP contribution is 2.14. The number of imidazole rings is 1. The van der Waals surface area contributed by atoms with Gasteiger partial charge in [0, 0.05) is 19.6 Å². The molecular weight excluding hydrogens is 235 g/mol. The molecule has 5 nitrogen and oxygen atoms in total. The van der Waals surface area contributed by atoms with E-state index in [1.165, 1.54) is 12.1 Å². The molecule has 98 valence electrons. The van der Waals surface area contributed by atoms with Crippen molar-refractivity contribution < 1.29 is 9.50 Å². The SMILES string of the molecule is CC(O)CNCCNc1nc2ccc(F)cc2[nH]1. The molecule has 1 aromatic carbocycles. The Hall–Kier alpha value is -1.66. The number of benzene rings is 1. The van der Waals surface area contributed by atoms with Crippen LogP contribution in [-0.4, -0.2) is 40.8 Å². The molecule has 18 heavy (non-hydrogen) atoms. The van der Waals surface area contributed by atoms with E-state index in [1.54, 1.807) is 13.0 Å². The van der Waals surface area contributed by atoms with Gasteiger partial charge >= 0.3 is 0 Å². The Labute approximate surface area is 104 Å². The Morgan fingerprint density at radius 2 is 2.28 bits per heavy atom. The minimum atomic E-state index is -0.348. The van der Waals surface area contributed by atoms with Crippen LogP contribution in [-0.2, 0) is 0 Å². The number of hydrogen-bond acceptors (Lipinski definition) is 4. The zero-order valence-corrected chi connectivity index (χ0v) is 10.2. The van der Waals surface area contributed by atoms with Gasteiger partial charge in [-0.2, -0.15) is 0 Å². The topological polar surface area (TPSA) is 73.0 Å². The summed E-state index contributed by atoms with van der Waals surface area (Å²) in [4.78, 5) is 7.27. The smallest absolute Gasteiger partial charge is 0.201 e. The first-order chi connectivity index (χ1) is 8.65. The van der Waals surface area contributed by atoms with Crippen molar-refractivity contribution in [1.82, 2.24) is 15.3 Å². The third kappa shape index (κ3) is 3.41. The molecule has 1 heterocycles. The van der Waals surface area contributed by atoms with E-state index < -0.39 is 0 Å². The van der Waals surface area contributed by atoms with Gasteiger partial charge in [0.25, 0.3) is 0 Å². The molecular formula is C12H17FN4O. The second-order valence-electron chi connectivity index (χ2n) is 4.23. The number of fused-ring (bicyclic) bond motifs is 1. The summed E-state index contributed by atoms with van der Waals surface area (Å²) >= 11 is 0. The Bertz CT molecular complexity index is 512. The Kier molecular flexibility index (Phi) is 4.11. The molecule has 2 aromatic rings. The summed E-state index contributed by atoms with van der Waals surface area (Å²) in [6.45, 7) is 3.69. The molecule has 1 aromatic heterocycles. The van der Waals surface area contributed by atoms with E-state index in [0.717, 1.165) is 12.1 Å². The van der Waals surface area contributed by atoms with Gasteiger partial charge in [-0.3, -0.25) is 0 Å². The fourth-order valence-electron chi connectivity index (χ4n) is 1.65. The molecule has 0 fully saturated rings. The summed E-state index contributed by atoms with van der Waals surface area (Å²) in [5, 5.41) is 15.2. The number of aromatic nitrogens is 2. The van der Waals surface area contributed by atoms with E-state index in [2.05, 4.69) is 20.6 Å². The van der Waals surface area contributed by atoms with E-state index in [1.807, 2.05) is 0 Å². The van der Waals surface area contributed by atoms with Gasteiger partial charge in [-0.05, 0) is 25.1 Å². The first kappa shape index (κ1) is 12.8. The summed E-state index contributed by atoms with van der Waals surface area (Å²) < 4.78 is 13.0. The van der Waals surface area contributed by atoms with Crippen molar-refractivity contribution in [3.05, 3.63) is 24.0 Å². The lowest BCUT2D eigenvalue weighted by molar-refractivity contribution is 0.192. The van der Waals surface area contributed by atoms with Gasteiger partial charge in [0.05, 0.1) is 17.1 Å². The summed E-state index contributed by atoms with van der Waals surface area (Å²) in [7, 11) is 0. The van der Waals surface area contributed by atoms with Crippen LogP contribution in [0.4, 0.5) is 10.3 Å². The standard InChI is InChI=1S/C12H17FN4O/c1-8(18)7-14-4-5-15-12-16-10-3-2-9(13)6-11(10)17-12/h2-3,6,8,14,18H,4-5,7H2,1H3,(H2,15,16,17). The number of nitrogens with zero attached hydrogens (tertiary/aromatic N) is 1. The average Bonchev–Trinajstić information content (AvgIpc) is 2.70. The van der Waals surface area contributed by atoms with E-state index in [0.29, 0.717) is 24.6 Å². The molecule has 0 bridgehead atoms. The fourth-order valence-corrected chi connectivity index (χ4v) is 1.65. The van der Waals surface area contributed by atoms with Gasteiger partial charge < -0.3 is 20.7 Å². The molecule has 0 saturated carbocycles. The highest BCUT2D eigenvalue weighted by molar-refractivity contribution is 5.77. The van der Waals surface area contributed by atoms with Crippen LogP contribution in [0.5, 0.6) is 0 Å². The zero-order valence-electron chi connectivity index (χ0n) is 10.2. The van der Waals surface area contributed by atoms with Crippen molar-refractivity contribution in [2.45, 2.75) is 13.0 Å². The van der Waals surface area contributed by atoms with Crippen LogP contribution in [0, 0.1) is 5.82 Å². The maximum absolute atomic E-state index is 13.0. The van der Waals surface area contributed by atoms with Crippen LogP contribution in [0.1, 0.15) is 6.92 Å². The van der Waals surface area contributed by atoms with Crippen molar-refractivity contribution in [1.29, 1.82) is 0 Å². The molecule has 0 aliphatic heterocycles. The van der Waals surface area contributed by atoms with Crippen LogP contribution in [0.15, 0.2) is 18.2 Å². The third-order valence-electron chi connectivity index (χ3n) is 2.48. The molecule has 0 aliphatic carbocycles. The van der Waals surface area contributed by atoms with Crippen molar-refractivity contribution in [2.24, 2.45) is 0 Å². The predicted octanol–water partition coefficient (Wildman–Crippen LogP) is 1.08. The third-order valence-corrected chi connectivity index (χ3v) is 2.48. The number of H-pyrrole nitrogens is 1. The maximum atomic E-state index is 13.0. The number of nitrogens with one attached hydrogen (secondary N) is 3. The molecule has 6 heteroatoms. The first-order valence-corrected chi connectivity index (χ1v) is 5.93. The molecule has 0 radical (unpaired) electrons. The second-order valence-corrected chi connectivity index (χ2v) is 4.23. The van der Waals surface area contributed by atoms with Crippen LogP contribution < -0.4 is 10.6 Å². The number of rotatable bonds is 6. The summed E-state index contributed by atoms with van der Waals surface area (Å²) in [5.74, 6) is 0.339. The number of aliphatic hydroxyl groups excluding tert-OH is 1. The lowest BCUT2D eigenvalue weighted by Gasteiger charge is -2.06. The number of halogens is 1. The van der Waals surface area contributed by atoms with Crippen LogP contribution in [0.3, 0.4) is 0 Å². The van der Waals surface area contributed by atoms with Crippen LogP contribution in [0.25, 0.3) is 11.0 Å². The van der Waals surface area contributed by atoms with Gasteiger partial charge in [-0.25, -0.2) is 9.37 Å². The molecule has 2 rings (SSSR count). The quantitative estimate of drug-likeness (QED) is 0.581.